The van der Waals surface area contributed by atoms with Gasteiger partial charge in [-0.3, -0.25) is 9.48 Å². The molecule has 3 aromatic heterocycles. The minimum absolute atomic E-state index is 0. The molecule has 154 valence electrons. The van der Waals surface area contributed by atoms with E-state index in [9.17, 15) is 4.79 Å². The summed E-state index contributed by atoms with van der Waals surface area (Å²) in [7, 11) is 1.85. The van der Waals surface area contributed by atoms with Gasteiger partial charge in [0, 0.05) is 13.6 Å². The van der Waals surface area contributed by atoms with Gasteiger partial charge in [0.2, 0.25) is 0 Å². The van der Waals surface area contributed by atoms with Crippen LogP contribution in [0.3, 0.4) is 0 Å². The number of amides is 1. The molecule has 3 heterocycles. The lowest BCUT2D eigenvalue weighted by Crippen LogP contribution is -2.55. The fourth-order valence-corrected chi connectivity index (χ4v) is 3.62. The van der Waals surface area contributed by atoms with Gasteiger partial charge < -0.3 is 11.1 Å². The van der Waals surface area contributed by atoms with Crippen molar-refractivity contribution in [3.8, 4) is 10.6 Å². The molecule has 9 heteroatoms. The molecule has 3 rings (SSSR count). The molecular weight excluding hydrogens is 417 g/mol. The Morgan fingerprint density at radius 1 is 1.39 bits per heavy atom. The lowest BCUT2D eigenvalue weighted by atomic mass is 9.88. The molecule has 3 aromatic rings. The van der Waals surface area contributed by atoms with E-state index in [-0.39, 0.29) is 36.6 Å². The number of hydrogen-bond acceptors (Lipinski definition) is 5. The van der Waals surface area contributed by atoms with E-state index in [0.717, 1.165) is 21.7 Å². The van der Waals surface area contributed by atoms with Gasteiger partial charge in [0.05, 0.1) is 32.8 Å². The number of carbonyl (C=O) groups excluding carboxylic acids is 1. The highest BCUT2D eigenvalue weighted by atomic mass is 35.5. The topological polar surface area (TPSA) is 85.8 Å². The number of pyridine rings is 1. The highest BCUT2D eigenvalue weighted by Gasteiger charge is 2.30. The summed E-state index contributed by atoms with van der Waals surface area (Å²) in [5.74, 6) is 0.0634. The van der Waals surface area contributed by atoms with Crippen molar-refractivity contribution in [1.29, 1.82) is 0 Å². The smallest absolute Gasteiger partial charge is 0.252 e. The lowest BCUT2D eigenvalue weighted by molar-refractivity contribution is 0.0885. The first-order chi connectivity index (χ1) is 12.3. The summed E-state index contributed by atoms with van der Waals surface area (Å²) in [6, 6.07) is 5.83. The second-order valence-electron chi connectivity index (χ2n) is 7.17. The monoisotopic (exact) mass is 443 g/mol. The van der Waals surface area contributed by atoms with Gasteiger partial charge in [0.25, 0.3) is 5.91 Å². The van der Waals surface area contributed by atoms with Crippen molar-refractivity contribution < 1.29 is 4.79 Å². The molecule has 0 radical (unpaired) electrons. The summed E-state index contributed by atoms with van der Waals surface area (Å²) < 4.78 is 1.73. The number of thiophene rings is 1. The number of halogens is 2. The van der Waals surface area contributed by atoms with Crippen molar-refractivity contribution in [3.05, 3.63) is 34.8 Å². The number of aromatic nitrogens is 3. The van der Waals surface area contributed by atoms with Gasteiger partial charge in [0.1, 0.15) is 0 Å². The summed E-state index contributed by atoms with van der Waals surface area (Å²) in [4.78, 5) is 19.0. The summed E-state index contributed by atoms with van der Waals surface area (Å²) in [6.45, 7) is 8.36. The first-order valence-corrected chi connectivity index (χ1v) is 9.55. The Kier molecular flexibility index (Phi) is 8.02. The third kappa shape index (κ3) is 4.33. The van der Waals surface area contributed by atoms with Crippen LogP contribution in [0, 0.1) is 12.8 Å². The van der Waals surface area contributed by atoms with Crippen LogP contribution in [0.5, 0.6) is 0 Å². The zero-order chi connectivity index (χ0) is 19.1. The van der Waals surface area contributed by atoms with Crippen LogP contribution in [0.4, 0.5) is 0 Å². The minimum atomic E-state index is -0.480. The van der Waals surface area contributed by atoms with E-state index < -0.39 is 5.54 Å². The maximum Gasteiger partial charge on any atom is 0.252 e. The third-order valence-corrected chi connectivity index (χ3v) is 5.98. The number of rotatable bonds is 5. The Balaban J connectivity index is 0.00000196. The highest BCUT2D eigenvalue weighted by Crippen LogP contribution is 2.29. The van der Waals surface area contributed by atoms with Crippen LogP contribution < -0.4 is 11.1 Å². The van der Waals surface area contributed by atoms with Crippen LogP contribution in [0.1, 0.15) is 36.8 Å². The fraction of sp³-hybridized carbons (Fsp3) is 0.421. The van der Waals surface area contributed by atoms with E-state index in [1.54, 1.807) is 16.0 Å². The fourth-order valence-electron chi connectivity index (χ4n) is 2.93. The predicted molar refractivity (Wildman–Crippen MR) is 121 cm³/mol. The standard InChI is InChI=1S/C19H25N5OS.2ClH/c1-11(2)19(4,10-20)22-18(25)13-9-14(15-7-6-8-26-15)21-17-16(13)12(3)23-24(17)5;;/h6-9,11H,10,20H2,1-5H3,(H,22,25);2*1H. The molecule has 0 aliphatic heterocycles. The second kappa shape index (κ2) is 9.22. The molecule has 6 nitrogen and oxygen atoms in total. The second-order valence-corrected chi connectivity index (χ2v) is 8.12. The molecule has 0 aliphatic carbocycles. The zero-order valence-electron chi connectivity index (χ0n) is 16.6. The Labute approximate surface area is 181 Å². The normalized spacial score (nSPS) is 13.0. The van der Waals surface area contributed by atoms with Crippen molar-refractivity contribution in [2.24, 2.45) is 18.7 Å². The SMILES string of the molecule is Cc1nn(C)c2nc(-c3cccs3)cc(C(=O)NC(C)(CN)C(C)C)c12.Cl.Cl. The Morgan fingerprint density at radius 2 is 2.07 bits per heavy atom. The van der Waals surface area contributed by atoms with E-state index in [1.807, 2.05) is 44.5 Å². The summed E-state index contributed by atoms with van der Waals surface area (Å²) >= 11 is 1.60. The Bertz CT molecular complexity index is 955. The molecule has 0 saturated heterocycles. The van der Waals surface area contributed by atoms with Crippen molar-refractivity contribution in [2.75, 3.05) is 6.54 Å². The minimum Gasteiger partial charge on any atom is -0.345 e. The van der Waals surface area contributed by atoms with Crippen LogP contribution in [0.25, 0.3) is 21.6 Å². The van der Waals surface area contributed by atoms with Gasteiger partial charge in [0.15, 0.2) is 5.65 Å². The number of aryl methyl sites for hydroxylation is 2. The summed E-state index contributed by atoms with van der Waals surface area (Å²) in [5.41, 5.74) is 8.33. The van der Waals surface area contributed by atoms with E-state index >= 15 is 0 Å². The number of nitrogens with two attached hydrogens (primary N) is 1. The molecule has 0 aliphatic rings. The van der Waals surface area contributed by atoms with E-state index in [2.05, 4.69) is 24.3 Å². The summed E-state index contributed by atoms with van der Waals surface area (Å²) in [6.07, 6.45) is 0. The van der Waals surface area contributed by atoms with E-state index in [0.29, 0.717) is 17.8 Å². The Morgan fingerprint density at radius 3 is 2.61 bits per heavy atom. The van der Waals surface area contributed by atoms with Gasteiger partial charge in [-0.2, -0.15) is 5.10 Å². The molecule has 0 fully saturated rings. The Hall–Kier alpha value is -1.67. The molecular formula is C19H27Cl2N5OS. The molecule has 0 spiro atoms. The van der Waals surface area contributed by atoms with Crippen LogP contribution in [0.15, 0.2) is 23.6 Å². The molecule has 0 aromatic carbocycles. The van der Waals surface area contributed by atoms with Crippen molar-refractivity contribution in [1.82, 2.24) is 20.1 Å². The van der Waals surface area contributed by atoms with Gasteiger partial charge in [-0.1, -0.05) is 19.9 Å². The van der Waals surface area contributed by atoms with Gasteiger partial charge in [-0.25, -0.2) is 4.98 Å². The molecule has 1 atom stereocenters. The van der Waals surface area contributed by atoms with Crippen molar-refractivity contribution >= 4 is 53.1 Å². The van der Waals surface area contributed by atoms with Gasteiger partial charge in [-0.15, -0.1) is 36.2 Å². The van der Waals surface area contributed by atoms with Crippen LogP contribution in [0.2, 0.25) is 0 Å². The molecule has 0 saturated carbocycles. The molecule has 28 heavy (non-hydrogen) atoms. The maximum atomic E-state index is 13.2. The van der Waals surface area contributed by atoms with Crippen LogP contribution in [-0.4, -0.2) is 32.8 Å². The molecule has 0 bridgehead atoms. The van der Waals surface area contributed by atoms with Crippen LogP contribution >= 0.6 is 36.2 Å². The van der Waals surface area contributed by atoms with Gasteiger partial charge >= 0.3 is 0 Å². The van der Waals surface area contributed by atoms with E-state index in [1.165, 1.54) is 0 Å². The van der Waals surface area contributed by atoms with Crippen molar-refractivity contribution in [2.45, 2.75) is 33.2 Å². The van der Waals surface area contributed by atoms with Crippen molar-refractivity contribution in [3.63, 3.8) is 0 Å². The third-order valence-electron chi connectivity index (χ3n) is 5.08. The number of hydrogen-bond donors (Lipinski definition) is 2. The quantitative estimate of drug-likeness (QED) is 0.624. The maximum absolute atomic E-state index is 13.2. The number of nitrogens with zero attached hydrogens (tertiary/aromatic N) is 3. The number of fused-ring (bicyclic) bond motifs is 1. The highest BCUT2D eigenvalue weighted by molar-refractivity contribution is 7.13. The zero-order valence-corrected chi connectivity index (χ0v) is 19.1. The van der Waals surface area contributed by atoms with E-state index in [4.69, 9.17) is 10.7 Å². The number of nitrogens with one attached hydrogen (secondary N) is 1. The lowest BCUT2D eigenvalue weighted by Gasteiger charge is -2.33. The predicted octanol–water partition coefficient (Wildman–Crippen LogP) is 3.95. The average Bonchev–Trinajstić information content (AvgIpc) is 3.23. The first-order valence-electron chi connectivity index (χ1n) is 8.67. The average molecular weight is 444 g/mol. The summed E-state index contributed by atoms with van der Waals surface area (Å²) in [5, 5.41) is 10.4. The largest absolute Gasteiger partial charge is 0.345 e. The molecule has 3 N–H and O–H groups in total. The number of carbonyl (C=O) groups is 1. The van der Waals surface area contributed by atoms with Crippen LogP contribution in [-0.2, 0) is 7.05 Å². The first kappa shape index (κ1) is 24.4. The molecule has 1 amide bonds. The van der Waals surface area contributed by atoms with Gasteiger partial charge in [-0.05, 0) is 37.3 Å². The molecule has 1 unspecified atom stereocenters.